The molecule has 0 aliphatic rings. The Labute approximate surface area is 153 Å². The maximum Gasteiger partial charge on any atom is 0.353 e. The molecule has 0 fully saturated rings. The van der Waals surface area contributed by atoms with Crippen LogP contribution < -0.4 is 21.1 Å². The summed E-state index contributed by atoms with van der Waals surface area (Å²) < 4.78 is 18.6. The molecule has 0 radical (unpaired) electrons. The number of methoxy groups -OCH3 is 1. The van der Waals surface area contributed by atoms with Gasteiger partial charge in [0.05, 0.1) is 17.7 Å². The van der Waals surface area contributed by atoms with Crippen molar-refractivity contribution in [3.05, 3.63) is 64.5 Å². The highest BCUT2D eigenvalue weighted by Gasteiger charge is 2.24. The number of rotatable bonds is 6. The Hall–Kier alpha value is -3.95. The molecule has 1 aromatic heterocycles. The molecule has 3 rings (SSSR count). The third kappa shape index (κ3) is 4.00. The lowest BCUT2D eigenvalue weighted by atomic mass is 10.3. The van der Waals surface area contributed by atoms with Crippen LogP contribution in [0.5, 0.6) is 5.75 Å². The van der Waals surface area contributed by atoms with Crippen LogP contribution in [-0.2, 0) is 0 Å². The van der Waals surface area contributed by atoms with E-state index in [4.69, 9.17) is 10.5 Å². The average Bonchev–Trinajstić information content (AvgIpc) is 2.61. The minimum absolute atomic E-state index is 0.0268. The zero-order chi connectivity index (χ0) is 19.4. The normalized spacial score (nSPS) is 10.3. The molecule has 4 N–H and O–H groups in total. The lowest BCUT2D eigenvalue weighted by molar-refractivity contribution is -0.383. The summed E-state index contributed by atoms with van der Waals surface area (Å²) >= 11 is 0. The number of halogens is 1. The molecule has 0 spiro atoms. The van der Waals surface area contributed by atoms with Crippen LogP contribution in [0.15, 0.2) is 48.5 Å². The predicted octanol–water partition coefficient (Wildman–Crippen LogP) is 3.60. The van der Waals surface area contributed by atoms with E-state index in [0.717, 1.165) is 0 Å². The number of nitrogens with two attached hydrogens (primary N) is 1. The Balaban J connectivity index is 2.02. The number of benzene rings is 2. The predicted molar refractivity (Wildman–Crippen MR) is 99.1 cm³/mol. The molecule has 9 nitrogen and oxygen atoms in total. The van der Waals surface area contributed by atoms with Gasteiger partial charge in [-0.05, 0) is 30.3 Å². The van der Waals surface area contributed by atoms with Crippen LogP contribution in [0.4, 0.5) is 39.0 Å². The number of nitro groups is 1. The van der Waals surface area contributed by atoms with Gasteiger partial charge in [-0.3, -0.25) is 10.1 Å². The zero-order valence-corrected chi connectivity index (χ0v) is 14.1. The summed E-state index contributed by atoms with van der Waals surface area (Å²) in [6, 6.07) is 12.4. The fourth-order valence-corrected chi connectivity index (χ4v) is 2.37. The van der Waals surface area contributed by atoms with Gasteiger partial charge in [0.15, 0.2) is 0 Å². The summed E-state index contributed by atoms with van der Waals surface area (Å²) in [7, 11) is 1.47. The minimum Gasteiger partial charge on any atom is -0.495 e. The molecule has 0 aliphatic carbocycles. The highest BCUT2D eigenvalue weighted by Crippen LogP contribution is 2.34. The molecule has 0 aliphatic heterocycles. The molecule has 0 unspecified atom stereocenters. The van der Waals surface area contributed by atoms with Crippen LogP contribution in [-0.4, -0.2) is 22.0 Å². The number of aromatic nitrogens is 2. The van der Waals surface area contributed by atoms with Gasteiger partial charge >= 0.3 is 5.69 Å². The topological polar surface area (TPSA) is 128 Å². The standard InChI is InChI=1S/C17H15FN6O3/c1-27-13-8-3-2-7-12(13)21-16-14(24(25)26)15(19)22-17(23-16)20-11-6-4-5-10(18)9-11/h2-9H,1H3,(H4,19,20,21,22,23). The van der Waals surface area contributed by atoms with E-state index in [1.165, 1.54) is 25.3 Å². The Morgan fingerprint density at radius 2 is 1.93 bits per heavy atom. The van der Waals surface area contributed by atoms with Crippen LogP contribution in [0, 0.1) is 15.9 Å². The highest BCUT2D eigenvalue weighted by atomic mass is 19.1. The van der Waals surface area contributed by atoms with Crippen molar-refractivity contribution in [1.29, 1.82) is 0 Å². The molecule has 138 valence electrons. The number of nitrogen functional groups attached to an aromatic ring is 1. The van der Waals surface area contributed by atoms with Crippen molar-refractivity contribution in [3.8, 4) is 5.75 Å². The monoisotopic (exact) mass is 370 g/mol. The highest BCUT2D eigenvalue weighted by molar-refractivity contribution is 5.77. The van der Waals surface area contributed by atoms with E-state index in [0.29, 0.717) is 17.1 Å². The number of nitrogens with one attached hydrogen (secondary N) is 2. The van der Waals surface area contributed by atoms with Gasteiger partial charge in [-0.2, -0.15) is 9.97 Å². The zero-order valence-electron chi connectivity index (χ0n) is 14.1. The SMILES string of the molecule is COc1ccccc1Nc1nc(Nc2cccc(F)c2)nc(N)c1[N+](=O)[O-]. The lowest BCUT2D eigenvalue weighted by Gasteiger charge is -2.12. The van der Waals surface area contributed by atoms with Crippen molar-refractivity contribution >= 4 is 34.6 Å². The van der Waals surface area contributed by atoms with E-state index in [2.05, 4.69) is 20.6 Å². The van der Waals surface area contributed by atoms with Crippen molar-refractivity contribution in [3.63, 3.8) is 0 Å². The van der Waals surface area contributed by atoms with Gasteiger partial charge in [-0.1, -0.05) is 18.2 Å². The Morgan fingerprint density at radius 3 is 2.63 bits per heavy atom. The van der Waals surface area contributed by atoms with Crippen LogP contribution >= 0.6 is 0 Å². The molecule has 0 saturated carbocycles. The van der Waals surface area contributed by atoms with E-state index < -0.39 is 16.4 Å². The molecule has 0 saturated heterocycles. The summed E-state index contributed by atoms with van der Waals surface area (Å²) in [5, 5.41) is 17.0. The molecule has 2 aromatic carbocycles. The second-order valence-corrected chi connectivity index (χ2v) is 5.35. The largest absolute Gasteiger partial charge is 0.495 e. The maximum atomic E-state index is 13.3. The van der Waals surface area contributed by atoms with Crippen LogP contribution in [0.3, 0.4) is 0 Å². The summed E-state index contributed by atoms with van der Waals surface area (Å²) in [5.41, 5.74) is 6.10. The van der Waals surface area contributed by atoms with Gasteiger partial charge in [0.25, 0.3) is 0 Å². The summed E-state index contributed by atoms with van der Waals surface area (Å²) in [6.45, 7) is 0. The van der Waals surface area contributed by atoms with E-state index in [-0.39, 0.29) is 17.6 Å². The maximum absolute atomic E-state index is 13.3. The third-order valence-corrected chi connectivity index (χ3v) is 3.53. The van der Waals surface area contributed by atoms with Crippen LogP contribution in [0.2, 0.25) is 0 Å². The van der Waals surface area contributed by atoms with Gasteiger partial charge in [0.2, 0.25) is 17.6 Å². The number of hydrogen-bond acceptors (Lipinski definition) is 8. The van der Waals surface area contributed by atoms with Crippen molar-refractivity contribution in [2.45, 2.75) is 0 Å². The second kappa shape index (κ2) is 7.52. The van der Waals surface area contributed by atoms with Crippen LogP contribution in [0.1, 0.15) is 0 Å². The Bertz CT molecular complexity index is 998. The number of ether oxygens (including phenoxy) is 1. The number of para-hydroxylation sites is 2. The number of hydrogen-bond donors (Lipinski definition) is 3. The van der Waals surface area contributed by atoms with Gasteiger partial charge in [0, 0.05) is 5.69 Å². The smallest absolute Gasteiger partial charge is 0.353 e. The van der Waals surface area contributed by atoms with E-state index in [9.17, 15) is 14.5 Å². The van der Waals surface area contributed by atoms with E-state index in [1.807, 2.05) is 0 Å². The average molecular weight is 370 g/mol. The third-order valence-electron chi connectivity index (χ3n) is 3.53. The Morgan fingerprint density at radius 1 is 1.15 bits per heavy atom. The number of anilines is 5. The lowest BCUT2D eigenvalue weighted by Crippen LogP contribution is -2.09. The molecule has 3 aromatic rings. The van der Waals surface area contributed by atoms with Gasteiger partial charge in [-0.25, -0.2) is 4.39 Å². The molecule has 1 heterocycles. The van der Waals surface area contributed by atoms with Crippen LogP contribution in [0.25, 0.3) is 0 Å². The van der Waals surface area contributed by atoms with E-state index in [1.54, 1.807) is 30.3 Å². The van der Waals surface area contributed by atoms with Gasteiger partial charge in [-0.15, -0.1) is 0 Å². The molecular weight excluding hydrogens is 355 g/mol. The molecular formula is C17H15FN6O3. The molecule has 10 heteroatoms. The van der Waals surface area contributed by atoms with Crippen molar-refractivity contribution in [1.82, 2.24) is 9.97 Å². The quantitative estimate of drug-likeness (QED) is 0.443. The first-order valence-corrected chi connectivity index (χ1v) is 7.72. The summed E-state index contributed by atoms with van der Waals surface area (Å²) in [6.07, 6.45) is 0. The van der Waals surface area contributed by atoms with E-state index >= 15 is 0 Å². The van der Waals surface area contributed by atoms with Crippen molar-refractivity contribution in [2.75, 3.05) is 23.5 Å². The minimum atomic E-state index is -0.681. The van der Waals surface area contributed by atoms with Crippen molar-refractivity contribution in [2.24, 2.45) is 0 Å². The second-order valence-electron chi connectivity index (χ2n) is 5.35. The van der Waals surface area contributed by atoms with Crippen molar-refractivity contribution < 1.29 is 14.1 Å². The molecule has 27 heavy (non-hydrogen) atoms. The first-order chi connectivity index (χ1) is 13.0. The summed E-state index contributed by atoms with van der Waals surface area (Å²) in [4.78, 5) is 18.7. The first kappa shape index (κ1) is 17.9. The molecule has 0 amide bonds. The van der Waals surface area contributed by atoms with Gasteiger partial charge in [0.1, 0.15) is 11.6 Å². The molecule has 0 bridgehead atoms. The first-order valence-electron chi connectivity index (χ1n) is 7.72. The summed E-state index contributed by atoms with van der Waals surface area (Å²) in [5.74, 6) is -0.492. The fourth-order valence-electron chi connectivity index (χ4n) is 2.37. The van der Waals surface area contributed by atoms with Gasteiger partial charge < -0.3 is 21.1 Å². The number of nitrogens with zero attached hydrogens (tertiary/aromatic N) is 3. The Kier molecular flexibility index (Phi) is 4.97. The fraction of sp³-hybridized carbons (Fsp3) is 0.0588. The molecule has 0 atom stereocenters.